The first-order valence-corrected chi connectivity index (χ1v) is 8.57. The van der Waals surface area contributed by atoms with Crippen molar-refractivity contribution in [2.75, 3.05) is 13.2 Å². The second-order valence-corrected chi connectivity index (χ2v) is 6.39. The zero-order valence-electron chi connectivity index (χ0n) is 14.2. The summed E-state index contributed by atoms with van der Waals surface area (Å²) in [6.07, 6.45) is 2.81. The predicted molar refractivity (Wildman–Crippen MR) is 95.0 cm³/mol. The Bertz CT molecular complexity index is 877. The van der Waals surface area contributed by atoms with Gasteiger partial charge in [0, 0.05) is 12.5 Å². The maximum Gasteiger partial charge on any atom is 0.224 e. The first-order chi connectivity index (χ1) is 12.8. The van der Waals surface area contributed by atoms with E-state index in [9.17, 15) is 4.79 Å². The summed E-state index contributed by atoms with van der Waals surface area (Å²) in [5.41, 5.74) is 3.01. The molecule has 0 saturated carbocycles. The van der Waals surface area contributed by atoms with Crippen molar-refractivity contribution in [1.29, 1.82) is 0 Å². The Labute approximate surface area is 151 Å². The highest BCUT2D eigenvalue weighted by molar-refractivity contribution is 5.78. The molecule has 0 spiro atoms. The zero-order chi connectivity index (χ0) is 17.8. The Kier molecular flexibility index (Phi) is 4.59. The third-order valence-electron chi connectivity index (χ3n) is 4.46. The molecule has 1 aliphatic rings. The van der Waals surface area contributed by atoms with Crippen molar-refractivity contribution in [3.05, 3.63) is 66.0 Å². The van der Waals surface area contributed by atoms with Crippen LogP contribution in [-0.2, 0) is 17.6 Å². The Morgan fingerprint density at radius 3 is 2.85 bits per heavy atom. The Morgan fingerprint density at radius 1 is 1.19 bits per heavy atom. The maximum absolute atomic E-state index is 12.2. The van der Waals surface area contributed by atoms with Gasteiger partial charge in [0.1, 0.15) is 12.1 Å². The molecule has 0 bridgehead atoms. The SMILES string of the molecule is O=C(Cc1ccc(-n2cnnn2)cc1)NCC1COc2ccccc2C1. The van der Waals surface area contributed by atoms with Gasteiger partial charge in [-0.3, -0.25) is 4.79 Å². The summed E-state index contributed by atoms with van der Waals surface area (Å²) < 4.78 is 7.34. The summed E-state index contributed by atoms with van der Waals surface area (Å²) in [5, 5.41) is 14.1. The van der Waals surface area contributed by atoms with Crippen LogP contribution in [0, 0.1) is 5.92 Å². The molecule has 0 aliphatic carbocycles. The standard InChI is InChI=1S/C19H19N5O2/c25-19(10-14-5-7-17(8-6-14)24-13-21-22-23-24)20-11-15-9-16-3-1-2-4-18(16)26-12-15/h1-8,13,15H,9-12H2,(H,20,25). The lowest BCUT2D eigenvalue weighted by atomic mass is 9.96. The summed E-state index contributed by atoms with van der Waals surface area (Å²) in [6, 6.07) is 15.7. The lowest BCUT2D eigenvalue weighted by molar-refractivity contribution is -0.120. The van der Waals surface area contributed by atoms with E-state index >= 15 is 0 Å². The number of aromatic nitrogens is 4. The van der Waals surface area contributed by atoms with Gasteiger partial charge in [0.2, 0.25) is 5.91 Å². The van der Waals surface area contributed by atoms with E-state index in [-0.39, 0.29) is 5.91 Å². The average molecular weight is 349 g/mol. The van der Waals surface area contributed by atoms with Gasteiger partial charge >= 0.3 is 0 Å². The maximum atomic E-state index is 12.2. The summed E-state index contributed by atoms with van der Waals surface area (Å²) in [5.74, 6) is 1.27. The molecule has 1 atom stereocenters. The highest BCUT2D eigenvalue weighted by Crippen LogP contribution is 2.26. The van der Waals surface area contributed by atoms with E-state index < -0.39 is 0 Å². The number of carbonyl (C=O) groups excluding carboxylic acids is 1. The number of amides is 1. The number of rotatable bonds is 5. The van der Waals surface area contributed by atoms with E-state index in [0.717, 1.165) is 23.4 Å². The molecule has 2 heterocycles. The number of nitrogens with zero attached hydrogens (tertiary/aromatic N) is 4. The van der Waals surface area contributed by atoms with Crippen LogP contribution in [0.15, 0.2) is 54.9 Å². The third-order valence-corrected chi connectivity index (χ3v) is 4.46. The number of fused-ring (bicyclic) bond motifs is 1. The van der Waals surface area contributed by atoms with E-state index in [1.807, 2.05) is 42.5 Å². The van der Waals surface area contributed by atoms with Crippen LogP contribution in [0.5, 0.6) is 5.75 Å². The van der Waals surface area contributed by atoms with Crippen LogP contribution in [-0.4, -0.2) is 39.3 Å². The largest absolute Gasteiger partial charge is 0.493 e. The van der Waals surface area contributed by atoms with Gasteiger partial charge in [-0.15, -0.1) is 5.10 Å². The minimum atomic E-state index is 0.0130. The quantitative estimate of drug-likeness (QED) is 0.756. The van der Waals surface area contributed by atoms with Crippen molar-refractivity contribution >= 4 is 5.91 Å². The molecule has 3 aromatic rings. The molecule has 1 N–H and O–H groups in total. The van der Waals surface area contributed by atoms with E-state index in [1.165, 1.54) is 11.9 Å². The molecule has 1 aromatic heterocycles. The fourth-order valence-electron chi connectivity index (χ4n) is 3.07. The van der Waals surface area contributed by atoms with E-state index in [1.54, 1.807) is 4.68 Å². The molecule has 7 nitrogen and oxygen atoms in total. The molecular formula is C19H19N5O2. The number of para-hydroxylation sites is 1. The molecule has 0 fully saturated rings. The van der Waals surface area contributed by atoms with Crippen LogP contribution >= 0.6 is 0 Å². The van der Waals surface area contributed by atoms with Gasteiger partial charge < -0.3 is 10.1 Å². The molecule has 2 aromatic carbocycles. The second-order valence-electron chi connectivity index (χ2n) is 6.39. The summed E-state index contributed by atoms with van der Waals surface area (Å²) in [7, 11) is 0. The van der Waals surface area contributed by atoms with Crippen molar-refractivity contribution in [3.8, 4) is 11.4 Å². The fraction of sp³-hybridized carbons (Fsp3) is 0.263. The van der Waals surface area contributed by atoms with Gasteiger partial charge in [-0.05, 0) is 46.2 Å². The van der Waals surface area contributed by atoms with Crippen LogP contribution in [0.4, 0.5) is 0 Å². The number of hydrogen-bond donors (Lipinski definition) is 1. The summed E-state index contributed by atoms with van der Waals surface area (Å²) in [6.45, 7) is 1.26. The molecule has 1 unspecified atom stereocenters. The first-order valence-electron chi connectivity index (χ1n) is 8.57. The van der Waals surface area contributed by atoms with Gasteiger partial charge in [-0.1, -0.05) is 30.3 Å². The topological polar surface area (TPSA) is 81.9 Å². The first kappa shape index (κ1) is 16.3. The summed E-state index contributed by atoms with van der Waals surface area (Å²) in [4.78, 5) is 12.2. The van der Waals surface area contributed by atoms with Crippen molar-refractivity contribution in [1.82, 2.24) is 25.5 Å². The Hall–Kier alpha value is -3.22. The van der Waals surface area contributed by atoms with Gasteiger partial charge in [0.15, 0.2) is 0 Å². The molecule has 1 amide bonds. The van der Waals surface area contributed by atoms with Crippen molar-refractivity contribution < 1.29 is 9.53 Å². The molecule has 7 heteroatoms. The summed E-state index contributed by atoms with van der Waals surface area (Å²) >= 11 is 0. The van der Waals surface area contributed by atoms with Crippen LogP contribution in [0.25, 0.3) is 5.69 Å². The van der Waals surface area contributed by atoms with E-state index in [4.69, 9.17) is 4.74 Å². The second kappa shape index (κ2) is 7.35. The van der Waals surface area contributed by atoms with Crippen molar-refractivity contribution in [3.63, 3.8) is 0 Å². The minimum absolute atomic E-state index is 0.0130. The number of hydrogen-bond acceptors (Lipinski definition) is 5. The fourth-order valence-corrected chi connectivity index (χ4v) is 3.07. The molecular weight excluding hydrogens is 330 g/mol. The van der Waals surface area contributed by atoms with Gasteiger partial charge in [0.05, 0.1) is 18.7 Å². The highest BCUT2D eigenvalue weighted by Gasteiger charge is 2.19. The number of nitrogens with one attached hydrogen (secondary N) is 1. The number of carbonyl (C=O) groups is 1. The van der Waals surface area contributed by atoms with E-state index in [0.29, 0.717) is 25.5 Å². The monoisotopic (exact) mass is 349 g/mol. The average Bonchev–Trinajstić information content (AvgIpc) is 3.22. The molecule has 0 saturated heterocycles. The number of tetrazole rings is 1. The normalized spacial score (nSPS) is 15.8. The molecule has 4 rings (SSSR count). The van der Waals surface area contributed by atoms with Crippen LogP contribution in [0.3, 0.4) is 0 Å². The van der Waals surface area contributed by atoms with Crippen molar-refractivity contribution in [2.24, 2.45) is 5.92 Å². The Morgan fingerprint density at radius 2 is 2.04 bits per heavy atom. The minimum Gasteiger partial charge on any atom is -0.493 e. The smallest absolute Gasteiger partial charge is 0.224 e. The van der Waals surface area contributed by atoms with Crippen LogP contribution in [0.1, 0.15) is 11.1 Å². The van der Waals surface area contributed by atoms with Crippen molar-refractivity contribution in [2.45, 2.75) is 12.8 Å². The van der Waals surface area contributed by atoms with Crippen LogP contribution in [0.2, 0.25) is 0 Å². The molecule has 132 valence electrons. The van der Waals surface area contributed by atoms with Gasteiger partial charge in [-0.25, -0.2) is 4.68 Å². The highest BCUT2D eigenvalue weighted by atomic mass is 16.5. The zero-order valence-corrected chi connectivity index (χ0v) is 14.2. The van der Waals surface area contributed by atoms with Crippen LogP contribution < -0.4 is 10.1 Å². The van der Waals surface area contributed by atoms with E-state index in [2.05, 4.69) is 26.9 Å². The lowest BCUT2D eigenvalue weighted by Gasteiger charge is -2.25. The Balaban J connectivity index is 1.28. The lowest BCUT2D eigenvalue weighted by Crippen LogP contribution is -2.35. The number of ether oxygens (including phenoxy) is 1. The predicted octanol–water partition coefficient (Wildman–Crippen LogP) is 1.57. The third kappa shape index (κ3) is 3.72. The molecule has 0 radical (unpaired) electrons. The molecule has 1 aliphatic heterocycles. The van der Waals surface area contributed by atoms with Gasteiger partial charge in [-0.2, -0.15) is 0 Å². The van der Waals surface area contributed by atoms with Gasteiger partial charge in [0.25, 0.3) is 0 Å². The molecule has 26 heavy (non-hydrogen) atoms. The number of benzene rings is 2.